The first-order chi connectivity index (χ1) is 13.5. The fourth-order valence-corrected chi connectivity index (χ4v) is 4.45. The van der Waals surface area contributed by atoms with Gasteiger partial charge in [0.1, 0.15) is 0 Å². The maximum atomic E-state index is 13.4. The molecule has 0 aliphatic carbocycles. The van der Waals surface area contributed by atoms with Gasteiger partial charge >= 0.3 is 0 Å². The normalized spacial score (nSPS) is 11.0. The molecule has 140 valence electrons. The van der Waals surface area contributed by atoms with Crippen LogP contribution >= 0.6 is 22.9 Å². The number of anilines is 1. The van der Waals surface area contributed by atoms with Gasteiger partial charge in [0.25, 0.3) is 5.91 Å². The van der Waals surface area contributed by atoms with Crippen LogP contribution < -0.4 is 4.90 Å². The third kappa shape index (κ3) is 3.79. The number of aromatic nitrogens is 1. The molecule has 0 fully saturated rings. The zero-order valence-corrected chi connectivity index (χ0v) is 17.2. The van der Waals surface area contributed by atoms with Crippen molar-refractivity contribution in [3.8, 4) is 0 Å². The third-order valence-electron chi connectivity index (χ3n) is 4.54. The molecule has 0 atom stereocenters. The lowest BCUT2D eigenvalue weighted by molar-refractivity contribution is 0.0985. The second-order valence-corrected chi connectivity index (χ2v) is 8.23. The largest absolute Gasteiger partial charge is 0.279 e. The van der Waals surface area contributed by atoms with Crippen LogP contribution in [0, 0.1) is 13.8 Å². The van der Waals surface area contributed by atoms with Crippen molar-refractivity contribution in [3.05, 3.63) is 94.0 Å². The van der Waals surface area contributed by atoms with Crippen molar-refractivity contribution in [3.63, 3.8) is 0 Å². The minimum atomic E-state index is -0.111. The standard InChI is InChI=1S/C23H19ClN2OS/c1-15-11-16(2)21-20(12-15)25-23(28-21)26(14-17-7-4-3-5-8-17)22(27)18-9-6-10-19(24)13-18/h3-13H,14H2,1-2H3. The quantitative estimate of drug-likeness (QED) is 0.392. The minimum absolute atomic E-state index is 0.111. The van der Waals surface area contributed by atoms with Gasteiger partial charge in [-0.25, -0.2) is 4.98 Å². The number of benzene rings is 3. The summed E-state index contributed by atoms with van der Waals surface area (Å²) in [6.45, 7) is 4.59. The summed E-state index contributed by atoms with van der Waals surface area (Å²) in [5.74, 6) is -0.111. The molecule has 4 rings (SSSR count). The van der Waals surface area contributed by atoms with E-state index in [0.29, 0.717) is 22.3 Å². The van der Waals surface area contributed by atoms with Crippen molar-refractivity contribution < 1.29 is 4.79 Å². The van der Waals surface area contributed by atoms with Crippen molar-refractivity contribution in [1.29, 1.82) is 0 Å². The van der Waals surface area contributed by atoms with E-state index < -0.39 is 0 Å². The van der Waals surface area contributed by atoms with E-state index in [-0.39, 0.29) is 5.91 Å². The van der Waals surface area contributed by atoms with Gasteiger partial charge in [-0.05, 0) is 54.8 Å². The number of aryl methyl sites for hydroxylation is 2. The topological polar surface area (TPSA) is 33.2 Å². The van der Waals surface area contributed by atoms with Crippen LogP contribution in [0.3, 0.4) is 0 Å². The summed E-state index contributed by atoms with van der Waals surface area (Å²) in [5, 5.41) is 1.24. The number of carbonyl (C=O) groups excluding carboxylic acids is 1. The molecule has 1 heterocycles. The Balaban J connectivity index is 1.80. The number of rotatable bonds is 4. The predicted octanol–water partition coefficient (Wildman–Crippen LogP) is 6.41. The number of fused-ring (bicyclic) bond motifs is 1. The fourth-order valence-electron chi connectivity index (χ4n) is 3.25. The van der Waals surface area contributed by atoms with Crippen molar-refractivity contribution in [2.24, 2.45) is 0 Å². The molecule has 0 radical (unpaired) electrons. The Morgan fingerprint density at radius 2 is 1.82 bits per heavy atom. The minimum Gasteiger partial charge on any atom is -0.279 e. The molecule has 0 bridgehead atoms. The van der Waals surface area contributed by atoms with Crippen LogP contribution in [-0.4, -0.2) is 10.9 Å². The Hall–Kier alpha value is -2.69. The van der Waals surface area contributed by atoms with Gasteiger partial charge in [0.05, 0.1) is 16.8 Å². The van der Waals surface area contributed by atoms with Crippen LogP contribution in [0.2, 0.25) is 5.02 Å². The predicted molar refractivity (Wildman–Crippen MR) is 118 cm³/mol. The van der Waals surface area contributed by atoms with Gasteiger partial charge in [-0.2, -0.15) is 0 Å². The molecule has 0 aliphatic heterocycles. The number of hydrogen-bond acceptors (Lipinski definition) is 3. The van der Waals surface area contributed by atoms with E-state index in [4.69, 9.17) is 16.6 Å². The third-order valence-corrected chi connectivity index (χ3v) is 6.00. The molecule has 0 spiro atoms. The molecule has 0 saturated carbocycles. The number of thiazole rings is 1. The lowest BCUT2D eigenvalue weighted by Crippen LogP contribution is -2.30. The van der Waals surface area contributed by atoms with Crippen LogP contribution in [0.4, 0.5) is 5.13 Å². The maximum Gasteiger partial charge on any atom is 0.260 e. The molecule has 1 amide bonds. The van der Waals surface area contributed by atoms with Crippen LogP contribution in [0.15, 0.2) is 66.7 Å². The van der Waals surface area contributed by atoms with E-state index in [1.54, 1.807) is 40.5 Å². The summed E-state index contributed by atoms with van der Waals surface area (Å²) in [6, 6.07) is 21.2. The zero-order valence-electron chi connectivity index (χ0n) is 15.6. The lowest BCUT2D eigenvalue weighted by atomic mass is 10.1. The molecule has 0 N–H and O–H groups in total. The van der Waals surface area contributed by atoms with E-state index in [9.17, 15) is 4.79 Å². The molecular formula is C23H19ClN2OS. The highest BCUT2D eigenvalue weighted by molar-refractivity contribution is 7.22. The smallest absolute Gasteiger partial charge is 0.260 e. The van der Waals surface area contributed by atoms with Gasteiger partial charge in [0.2, 0.25) is 0 Å². The highest BCUT2D eigenvalue weighted by Crippen LogP contribution is 2.33. The second kappa shape index (κ2) is 7.74. The van der Waals surface area contributed by atoms with Crippen LogP contribution in [-0.2, 0) is 6.54 Å². The summed E-state index contributed by atoms with van der Waals surface area (Å²) >= 11 is 7.67. The zero-order chi connectivity index (χ0) is 19.7. The van der Waals surface area contributed by atoms with E-state index in [2.05, 4.69) is 26.0 Å². The van der Waals surface area contributed by atoms with E-state index in [1.165, 1.54) is 5.56 Å². The highest BCUT2D eigenvalue weighted by atomic mass is 35.5. The SMILES string of the molecule is Cc1cc(C)c2sc(N(Cc3ccccc3)C(=O)c3cccc(Cl)c3)nc2c1. The summed E-state index contributed by atoms with van der Waals surface area (Å²) in [4.78, 5) is 19.9. The van der Waals surface area contributed by atoms with E-state index in [1.807, 2.05) is 30.3 Å². The van der Waals surface area contributed by atoms with Crippen molar-refractivity contribution in [2.45, 2.75) is 20.4 Å². The van der Waals surface area contributed by atoms with E-state index >= 15 is 0 Å². The molecule has 0 aliphatic rings. The Bertz CT molecular complexity index is 1150. The number of halogens is 1. The highest BCUT2D eigenvalue weighted by Gasteiger charge is 2.22. The van der Waals surface area contributed by atoms with Gasteiger partial charge in [-0.15, -0.1) is 0 Å². The van der Waals surface area contributed by atoms with Gasteiger partial charge in [0, 0.05) is 10.6 Å². The molecule has 0 unspecified atom stereocenters. The molecule has 5 heteroatoms. The Kier molecular flexibility index (Phi) is 5.16. The van der Waals surface area contributed by atoms with Gasteiger partial charge in [0.15, 0.2) is 5.13 Å². The molecule has 3 aromatic carbocycles. The number of carbonyl (C=O) groups is 1. The summed E-state index contributed by atoms with van der Waals surface area (Å²) in [5.41, 5.74) is 4.86. The first kappa shape index (κ1) is 18.7. The van der Waals surface area contributed by atoms with Crippen molar-refractivity contribution in [1.82, 2.24) is 4.98 Å². The van der Waals surface area contributed by atoms with Crippen LogP contribution in [0.1, 0.15) is 27.0 Å². The number of hydrogen-bond donors (Lipinski definition) is 0. The van der Waals surface area contributed by atoms with Gasteiger partial charge in [-0.1, -0.05) is 65.4 Å². The Labute approximate surface area is 173 Å². The summed E-state index contributed by atoms with van der Waals surface area (Å²) < 4.78 is 1.11. The van der Waals surface area contributed by atoms with E-state index in [0.717, 1.165) is 21.3 Å². The number of nitrogens with zero attached hydrogens (tertiary/aromatic N) is 2. The first-order valence-corrected chi connectivity index (χ1v) is 10.2. The summed E-state index contributed by atoms with van der Waals surface area (Å²) in [7, 11) is 0. The van der Waals surface area contributed by atoms with Crippen molar-refractivity contribution >= 4 is 44.2 Å². The molecule has 3 nitrogen and oxygen atoms in total. The summed E-state index contributed by atoms with van der Waals surface area (Å²) in [6.07, 6.45) is 0. The second-order valence-electron chi connectivity index (χ2n) is 6.81. The maximum absolute atomic E-state index is 13.4. The molecular weight excluding hydrogens is 388 g/mol. The Morgan fingerprint density at radius 3 is 2.57 bits per heavy atom. The number of amides is 1. The van der Waals surface area contributed by atoms with Crippen LogP contribution in [0.5, 0.6) is 0 Å². The van der Waals surface area contributed by atoms with Crippen molar-refractivity contribution in [2.75, 3.05) is 4.90 Å². The molecule has 0 saturated heterocycles. The molecule has 4 aromatic rings. The average Bonchev–Trinajstić information content (AvgIpc) is 3.10. The fraction of sp³-hybridized carbons (Fsp3) is 0.130. The molecule has 28 heavy (non-hydrogen) atoms. The van der Waals surface area contributed by atoms with Gasteiger partial charge in [-0.3, -0.25) is 9.69 Å². The first-order valence-electron chi connectivity index (χ1n) is 9.00. The van der Waals surface area contributed by atoms with Gasteiger partial charge < -0.3 is 0 Å². The average molecular weight is 407 g/mol. The van der Waals surface area contributed by atoms with Crippen LogP contribution in [0.25, 0.3) is 10.2 Å². The lowest BCUT2D eigenvalue weighted by Gasteiger charge is -2.20. The monoisotopic (exact) mass is 406 g/mol. The molecule has 1 aromatic heterocycles. The Morgan fingerprint density at radius 1 is 1.04 bits per heavy atom.